The molecule has 2 atom stereocenters. The minimum atomic E-state index is -0.612. The van der Waals surface area contributed by atoms with Crippen molar-refractivity contribution in [3.05, 3.63) is 0 Å². The van der Waals surface area contributed by atoms with Crippen molar-refractivity contribution in [1.82, 2.24) is 5.32 Å². The molecular formula is C9H15NO2. The second kappa shape index (κ2) is 3.05. The molecule has 0 bridgehead atoms. The van der Waals surface area contributed by atoms with E-state index in [9.17, 15) is 4.79 Å². The Kier molecular flexibility index (Phi) is 2.05. The van der Waals surface area contributed by atoms with Crippen molar-refractivity contribution in [1.29, 1.82) is 0 Å². The highest BCUT2D eigenvalue weighted by Crippen LogP contribution is 2.38. The van der Waals surface area contributed by atoms with Crippen LogP contribution < -0.4 is 5.32 Å². The Bertz CT molecular complexity index is 189. The number of carboxylic acids is 1. The smallest absolute Gasteiger partial charge is 0.308 e. The average molecular weight is 169 g/mol. The van der Waals surface area contributed by atoms with Crippen molar-refractivity contribution >= 4 is 5.97 Å². The van der Waals surface area contributed by atoms with Gasteiger partial charge in [-0.3, -0.25) is 4.79 Å². The van der Waals surface area contributed by atoms with Crippen LogP contribution in [0.5, 0.6) is 0 Å². The molecular weight excluding hydrogens is 154 g/mol. The van der Waals surface area contributed by atoms with Crippen molar-refractivity contribution in [2.75, 3.05) is 6.54 Å². The molecule has 0 aromatic heterocycles. The second-order valence-electron chi connectivity index (χ2n) is 3.90. The molecule has 1 saturated carbocycles. The minimum Gasteiger partial charge on any atom is -0.481 e. The van der Waals surface area contributed by atoms with Gasteiger partial charge in [0.2, 0.25) is 0 Å². The molecule has 0 aromatic rings. The lowest BCUT2D eigenvalue weighted by Crippen LogP contribution is -2.46. The quantitative estimate of drug-likeness (QED) is 0.644. The van der Waals surface area contributed by atoms with E-state index in [2.05, 4.69) is 5.32 Å². The monoisotopic (exact) mass is 169 g/mol. The third-order valence-electron chi connectivity index (χ3n) is 2.95. The fourth-order valence-corrected chi connectivity index (χ4v) is 2.14. The van der Waals surface area contributed by atoms with Gasteiger partial charge in [-0.15, -0.1) is 0 Å². The molecule has 1 heterocycles. The normalized spacial score (nSPS) is 36.3. The predicted molar refractivity (Wildman–Crippen MR) is 44.9 cm³/mol. The van der Waals surface area contributed by atoms with Crippen LogP contribution in [-0.4, -0.2) is 23.7 Å². The van der Waals surface area contributed by atoms with Crippen LogP contribution >= 0.6 is 0 Å². The third-order valence-corrected chi connectivity index (χ3v) is 2.95. The zero-order valence-corrected chi connectivity index (χ0v) is 7.12. The molecule has 12 heavy (non-hydrogen) atoms. The van der Waals surface area contributed by atoms with Crippen molar-refractivity contribution < 1.29 is 9.90 Å². The molecule has 2 rings (SSSR count). The van der Waals surface area contributed by atoms with E-state index in [1.165, 1.54) is 12.8 Å². The Balaban J connectivity index is 2.00. The maximum Gasteiger partial charge on any atom is 0.308 e. The summed E-state index contributed by atoms with van der Waals surface area (Å²) in [6, 6.07) is 0.274. The number of nitrogens with one attached hydrogen (secondary N) is 1. The van der Waals surface area contributed by atoms with Gasteiger partial charge in [0.25, 0.3) is 0 Å². The third kappa shape index (κ3) is 1.46. The van der Waals surface area contributed by atoms with Gasteiger partial charge in [0.15, 0.2) is 0 Å². The largest absolute Gasteiger partial charge is 0.481 e. The Morgan fingerprint density at radius 3 is 2.67 bits per heavy atom. The van der Waals surface area contributed by atoms with Gasteiger partial charge in [-0.25, -0.2) is 0 Å². The van der Waals surface area contributed by atoms with Gasteiger partial charge < -0.3 is 10.4 Å². The highest BCUT2D eigenvalue weighted by atomic mass is 16.4. The van der Waals surface area contributed by atoms with E-state index >= 15 is 0 Å². The van der Waals surface area contributed by atoms with Crippen LogP contribution in [0.25, 0.3) is 0 Å². The Labute approximate surface area is 72.2 Å². The first-order valence-electron chi connectivity index (χ1n) is 4.75. The summed E-state index contributed by atoms with van der Waals surface area (Å²) < 4.78 is 0. The topological polar surface area (TPSA) is 49.3 Å². The van der Waals surface area contributed by atoms with E-state index in [0.29, 0.717) is 5.92 Å². The first-order chi connectivity index (χ1) is 5.79. The van der Waals surface area contributed by atoms with Gasteiger partial charge in [-0.1, -0.05) is 0 Å². The van der Waals surface area contributed by atoms with Crippen molar-refractivity contribution in [3.63, 3.8) is 0 Å². The van der Waals surface area contributed by atoms with Gasteiger partial charge in [-0.2, -0.15) is 0 Å². The maximum atomic E-state index is 10.9. The van der Waals surface area contributed by atoms with Crippen LogP contribution in [0.4, 0.5) is 0 Å². The van der Waals surface area contributed by atoms with Gasteiger partial charge in [-0.05, 0) is 38.1 Å². The number of hydrogen-bond donors (Lipinski definition) is 2. The highest BCUT2D eigenvalue weighted by molar-refractivity contribution is 5.71. The molecule has 3 nitrogen and oxygen atoms in total. The lowest BCUT2D eigenvalue weighted by molar-refractivity contribution is -0.143. The van der Waals surface area contributed by atoms with E-state index in [1.807, 2.05) is 0 Å². The fraction of sp³-hybridized carbons (Fsp3) is 0.889. The molecule has 0 radical (unpaired) electrons. The van der Waals surface area contributed by atoms with Crippen LogP contribution in [0, 0.1) is 11.8 Å². The summed E-state index contributed by atoms with van der Waals surface area (Å²) in [5.74, 6) is -0.0725. The lowest BCUT2D eigenvalue weighted by Gasteiger charge is -2.29. The molecule has 1 aliphatic heterocycles. The summed E-state index contributed by atoms with van der Waals surface area (Å²) in [5, 5.41) is 12.3. The fourth-order valence-electron chi connectivity index (χ4n) is 2.14. The molecule has 0 aromatic carbocycles. The van der Waals surface area contributed by atoms with Gasteiger partial charge in [0.1, 0.15) is 0 Å². The molecule has 3 heteroatoms. The molecule has 0 spiro atoms. The first-order valence-corrected chi connectivity index (χ1v) is 4.75. The molecule has 2 N–H and O–H groups in total. The number of piperidine rings is 1. The van der Waals surface area contributed by atoms with Gasteiger partial charge in [0, 0.05) is 6.04 Å². The minimum absolute atomic E-state index is 0.119. The van der Waals surface area contributed by atoms with Gasteiger partial charge >= 0.3 is 5.97 Å². The van der Waals surface area contributed by atoms with E-state index in [-0.39, 0.29) is 12.0 Å². The highest BCUT2D eigenvalue weighted by Gasteiger charge is 2.40. The SMILES string of the molecule is O=C(O)C1CCCNC1C1CC1. The van der Waals surface area contributed by atoms with Crippen LogP contribution in [-0.2, 0) is 4.79 Å². The Morgan fingerprint density at radius 2 is 2.08 bits per heavy atom. The van der Waals surface area contributed by atoms with Crippen LogP contribution in [0.3, 0.4) is 0 Å². The zero-order valence-electron chi connectivity index (χ0n) is 7.12. The number of carbonyl (C=O) groups is 1. The molecule has 2 unspecified atom stereocenters. The van der Waals surface area contributed by atoms with Gasteiger partial charge in [0.05, 0.1) is 5.92 Å². The predicted octanol–water partition coefficient (Wildman–Crippen LogP) is 0.849. The molecule has 2 aliphatic rings. The summed E-state index contributed by atoms with van der Waals surface area (Å²) in [6.07, 6.45) is 4.33. The lowest BCUT2D eigenvalue weighted by atomic mass is 9.88. The Hall–Kier alpha value is -0.570. The maximum absolute atomic E-state index is 10.9. The first kappa shape index (κ1) is 8.05. The standard InChI is InChI=1S/C9H15NO2/c11-9(12)7-2-1-5-10-8(7)6-3-4-6/h6-8,10H,1-5H2,(H,11,12). The molecule has 1 aliphatic carbocycles. The number of rotatable bonds is 2. The second-order valence-corrected chi connectivity index (χ2v) is 3.90. The van der Waals surface area contributed by atoms with Crippen molar-refractivity contribution in [3.8, 4) is 0 Å². The number of hydrogen-bond acceptors (Lipinski definition) is 2. The van der Waals surface area contributed by atoms with E-state index in [0.717, 1.165) is 19.4 Å². The molecule has 1 saturated heterocycles. The van der Waals surface area contributed by atoms with E-state index < -0.39 is 5.97 Å². The van der Waals surface area contributed by atoms with Crippen LogP contribution in [0.15, 0.2) is 0 Å². The zero-order chi connectivity index (χ0) is 8.55. The van der Waals surface area contributed by atoms with Crippen LogP contribution in [0.2, 0.25) is 0 Å². The number of carboxylic acid groups (broad SMARTS) is 1. The Morgan fingerprint density at radius 1 is 1.33 bits per heavy atom. The summed E-state index contributed by atoms with van der Waals surface area (Å²) in [7, 11) is 0. The number of aliphatic carboxylic acids is 1. The van der Waals surface area contributed by atoms with E-state index in [4.69, 9.17) is 5.11 Å². The summed E-state index contributed by atoms with van der Waals surface area (Å²) in [6.45, 7) is 1.00. The van der Waals surface area contributed by atoms with Crippen molar-refractivity contribution in [2.24, 2.45) is 11.8 Å². The molecule has 2 fully saturated rings. The summed E-state index contributed by atoms with van der Waals surface area (Å²) in [5.41, 5.74) is 0. The molecule has 68 valence electrons. The van der Waals surface area contributed by atoms with E-state index in [1.54, 1.807) is 0 Å². The summed E-state index contributed by atoms with van der Waals surface area (Å²) >= 11 is 0. The molecule has 0 amide bonds. The summed E-state index contributed by atoms with van der Waals surface area (Å²) in [4.78, 5) is 10.9. The van der Waals surface area contributed by atoms with Crippen LogP contribution in [0.1, 0.15) is 25.7 Å². The average Bonchev–Trinajstić information content (AvgIpc) is 2.87. The van der Waals surface area contributed by atoms with Crippen molar-refractivity contribution in [2.45, 2.75) is 31.7 Å².